The molecule has 2 aliphatic rings. The summed E-state index contributed by atoms with van der Waals surface area (Å²) in [6, 6.07) is -0.577. The highest BCUT2D eigenvalue weighted by Crippen LogP contribution is 2.38. The minimum Gasteiger partial charge on any atom is -0.468 e. The van der Waals surface area contributed by atoms with E-state index >= 15 is 0 Å². The number of rotatable bonds is 1. The molecule has 0 aromatic rings. The Morgan fingerprint density at radius 2 is 1.90 bits per heavy atom. The van der Waals surface area contributed by atoms with Gasteiger partial charge in [-0.2, -0.15) is 0 Å². The van der Waals surface area contributed by atoms with E-state index in [-0.39, 0.29) is 18.2 Å². The van der Waals surface area contributed by atoms with Crippen LogP contribution < -0.4 is 0 Å². The van der Waals surface area contributed by atoms with E-state index in [1.165, 1.54) is 7.11 Å². The predicted octanol–water partition coefficient (Wildman–Crippen LogP) is 1.52. The second-order valence-corrected chi connectivity index (χ2v) is 6.36. The van der Waals surface area contributed by atoms with Crippen LogP contribution in [-0.2, 0) is 19.1 Å². The third kappa shape index (κ3) is 2.64. The van der Waals surface area contributed by atoms with Crippen LogP contribution in [0.3, 0.4) is 0 Å². The Hall–Kier alpha value is -1.59. The van der Waals surface area contributed by atoms with Crippen LogP contribution in [0.2, 0.25) is 0 Å². The maximum absolute atomic E-state index is 12.3. The summed E-state index contributed by atoms with van der Waals surface area (Å²) in [6.07, 6.45) is 1.11. The van der Waals surface area contributed by atoms with Gasteiger partial charge in [0.05, 0.1) is 13.2 Å². The highest BCUT2D eigenvalue weighted by atomic mass is 16.6. The quantitative estimate of drug-likeness (QED) is 0.539. The van der Waals surface area contributed by atoms with E-state index in [4.69, 9.17) is 9.47 Å². The molecule has 3 atom stereocenters. The van der Waals surface area contributed by atoms with Crippen molar-refractivity contribution in [3.63, 3.8) is 0 Å². The number of nitrogens with zero attached hydrogens (tertiary/aromatic N) is 1. The molecule has 2 rings (SSSR count). The van der Waals surface area contributed by atoms with E-state index in [0.29, 0.717) is 6.42 Å². The molecule has 2 bridgehead atoms. The Kier molecular flexibility index (Phi) is 3.75. The van der Waals surface area contributed by atoms with Crippen molar-refractivity contribution < 1.29 is 23.9 Å². The number of ether oxygens (including phenoxy) is 2. The summed E-state index contributed by atoms with van der Waals surface area (Å²) < 4.78 is 10.1. The third-order valence-electron chi connectivity index (χ3n) is 3.77. The molecule has 2 unspecified atom stereocenters. The van der Waals surface area contributed by atoms with Crippen molar-refractivity contribution in [3.8, 4) is 0 Å². The number of ketones is 1. The number of piperidine rings is 1. The summed E-state index contributed by atoms with van der Waals surface area (Å²) in [4.78, 5) is 37.7. The van der Waals surface area contributed by atoms with Crippen molar-refractivity contribution in [1.82, 2.24) is 4.90 Å². The number of hydrogen-bond acceptors (Lipinski definition) is 5. The van der Waals surface area contributed by atoms with Crippen LogP contribution in [-0.4, -0.2) is 47.5 Å². The minimum absolute atomic E-state index is 0.135. The fraction of sp³-hybridized carbons (Fsp3) is 0.786. The first-order chi connectivity index (χ1) is 9.24. The van der Waals surface area contributed by atoms with E-state index < -0.39 is 29.6 Å². The van der Waals surface area contributed by atoms with Crippen LogP contribution in [0.4, 0.5) is 4.79 Å². The van der Waals surface area contributed by atoms with Gasteiger partial charge in [0.25, 0.3) is 0 Å². The number of carbonyl (C=O) groups is 3. The van der Waals surface area contributed by atoms with Crippen LogP contribution >= 0.6 is 0 Å². The molecule has 0 spiro atoms. The Balaban J connectivity index is 2.21. The van der Waals surface area contributed by atoms with E-state index in [2.05, 4.69) is 0 Å². The Morgan fingerprint density at radius 3 is 2.45 bits per heavy atom. The van der Waals surface area contributed by atoms with Gasteiger partial charge in [-0.05, 0) is 33.6 Å². The van der Waals surface area contributed by atoms with Gasteiger partial charge < -0.3 is 14.4 Å². The molecule has 6 heteroatoms. The Morgan fingerprint density at radius 1 is 1.25 bits per heavy atom. The molecule has 0 radical (unpaired) electrons. The van der Waals surface area contributed by atoms with Crippen LogP contribution in [0.5, 0.6) is 0 Å². The Bertz CT molecular complexity index is 439. The SMILES string of the molecule is COC(=O)[C@H]1C(=O)CC2CCC1N2C(=O)OC(C)(C)C. The van der Waals surface area contributed by atoms with Gasteiger partial charge in [-0.15, -0.1) is 0 Å². The molecule has 0 N–H and O–H groups in total. The van der Waals surface area contributed by atoms with Crippen molar-refractivity contribution in [1.29, 1.82) is 0 Å². The Labute approximate surface area is 118 Å². The lowest BCUT2D eigenvalue weighted by Crippen LogP contribution is -2.55. The zero-order valence-corrected chi connectivity index (χ0v) is 12.3. The maximum Gasteiger partial charge on any atom is 0.410 e. The molecule has 0 aliphatic carbocycles. The van der Waals surface area contributed by atoms with Crippen molar-refractivity contribution in [2.75, 3.05) is 7.11 Å². The van der Waals surface area contributed by atoms with Crippen LogP contribution in [0.15, 0.2) is 0 Å². The molecular formula is C14H21NO5. The van der Waals surface area contributed by atoms with Crippen molar-refractivity contribution in [2.24, 2.45) is 5.92 Å². The monoisotopic (exact) mass is 283 g/mol. The average Bonchev–Trinajstić information content (AvgIpc) is 2.63. The van der Waals surface area contributed by atoms with E-state index in [1.807, 2.05) is 0 Å². The number of Topliss-reactive ketones (excluding diaryl/α,β-unsaturated/α-hetero) is 1. The maximum atomic E-state index is 12.3. The number of amides is 1. The van der Waals surface area contributed by atoms with Gasteiger partial charge in [-0.25, -0.2) is 4.79 Å². The zero-order chi connectivity index (χ0) is 15.1. The number of fused-ring (bicyclic) bond motifs is 2. The molecule has 112 valence electrons. The number of methoxy groups -OCH3 is 1. The van der Waals surface area contributed by atoms with Gasteiger partial charge in [0, 0.05) is 12.5 Å². The summed E-state index contributed by atoms with van der Waals surface area (Å²) >= 11 is 0. The van der Waals surface area contributed by atoms with Crippen LogP contribution in [0.1, 0.15) is 40.0 Å². The molecule has 20 heavy (non-hydrogen) atoms. The molecule has 2 fully saturated rings. The molecule has 6 nitrogen and oxygen atoms in total. The molecular weight excluding hydrogens is 262 g/mol. The van der Waals surface area contributed by atoms with E-state index in [0.717, 1.165) is 6.42 Å². The summed E-state index contributed by atoms with van der Waals surface area (Å²) in [5.41, 5.74) is -0.598. The lowest BCUT2D eigenvalue weighted by Gasteiger charge is -2.38. The van der Waals surface area contributed by atoms with E-state index in [9.17, 15) is 14.4 Å². The lowest BCUT2D eigenvalue weighted by atomic mass is 9.89. The van der Waals surface area contributed by atoms with Gasteiger partial charge in [0.1, 0.15) is 11.5 Å². The van der Waals surface area contributed by atoms with Gasteiger partial charge in [0.15, 0.2) is 5.78 Å². The molecule has 0 saturated carbocycles. The van der Waals surface area contributed by atoms with Crippen LogP contribution in [0.25, 0.3) is 0 Å². The van der Waals surface area contributed by atoms with Gasteiger partial charge in [-0.1, -0.05) is 0 Å². The second-order valence-electron chi connectivity index (χ2n) is 6.36. The average molecular weight is 283 g/mol. The smallest absolute Gasteiger partial charge is 0.410 e. The summed E-state index contributed by atoms with van der Waals surface area (Å²) in [6.45, 7) is 5.37. The fourth-order valence-corrected chi connectivity index (χ4v) is 3.03. The van der Waals surface area contributed by atoms with E-state index in [1.54, 1.807) is 25.7 Å². The number of hydrogen-bond donors (Lipinski definition) is 0. The highest BCUT2D eigenvalue weighted by molar-refractivity contribution is 6.01. The van der Waals surface area contributed by atoms with Crippen molar-refractivity contribution in [3.05, 3.63) is 0 Å². The highest BCUT2D eigenvalue weighted by Gasteiger charge is 2.53. The summed E-state index contributed by atoms with van der Waals surface area (Å²) in [5, 5.41) is 0. The van der Waals surface area contributed by atoms with Gasteiger partial charge >= 0.3 is 12.1 Å². The molecule has 2 aliphatic heterocycles. The first-order valence-corrected chi connectivity index (χ1v) is 6.86. The number of esters is 1. The van der Waals surface area contributed by atoms with Gasteiger partial charge in [0.2, 0.25) is 0 Å². The molecule has 0 aromatic heterocycles. The first-order valence-electron chi connectivity index (χ1n) is 6.86. The fourth-order valence-electron chi connectivity index (χ4n) is 3.03. The zero-order valence-electron chi connectivity index (χ0n) is 12.3. The molecule has 2 saturated heterocycles. The summed E-state index contributed by atoms with van der Waals surface area (Å²) in [5.74, 6) is -1.57. The largest absolute Gasteiger partial charge is 0.468 e. The standard InChI is InChI=1S/C14H21NO5/c1-14(2,3)20-13(18)15-8-5-6-9(15)11(10(16)7-8)12(17)19-4/h8-9,11H,5-7H2,1-4H3/t8?,9?,11-/m1/s1. The number of carbonyl (C=O) groups excluding carboxylic acids is 3. The third-order valence-corrected chi connectivity index (χ3v) is 3.77. The second kappa shape index (κ2) is 5.07. The minimum atomic E-state index is -0.869. The molecule has 2 heterocycles. The first kappa shape index (κ1) is 14.8. The predicted molar refractivity (Wildman–Crippen MR) is 70.0 cm³/mol. The normalized spacial score (nSPS) is 29.3. The summed E-state index contributed by atoms with van der Waals surface area (Å²) in [7, 11) is 1.26. The lowest BCUT2D eigenvalue weighted by molar-refractivity contribution is -0.154. The van der Waals surface area contributed by atoms with Crippen LogP contribution in [0, 0.1) is 5.92 Å². The van der Waals surface area contributed by atoms with Gasteiger partial charge in [-0.3, -0.25) is 9.59 Å². The topological polar surface area (TPSA) is 72.9 Å². The van der Waals surface area contributed by atoms with Crippen molar-refractivity contribution in [2.45, 2.75) is 57.7 Å². The van der Waals surface area contributed by atoms with Crippen molar-refractivity contribution >= 4 is 17.8 Å². The molecule has 0 aromatic carbocycles. The molecule has 1 amide bonds.